The third-order valence-corrected chi connectivity index (χ3v) is 8.48. The number of rotatable bonds is 5. The van der Waals surface area contributed by atoms with Crippen molar-refractivity contribution in [3.8, 4) is 0 Å². The third kappa shape index (κ3) is 4.22. The van der Waals surface area contributed by atoms with Crippen molar-refractivity contribution in [2.75, 3.05) is 25.1 Å². The molecule has 30 heavy (non-hydrogen) atoms. The molecule has 3 aliphatic rings. The largest absolute Gasteiger partial charge is 0.397 e. The molecule has 3 N–H and O–H groups in total. The summed E-state index contributed by atoms with van der Waals surface area (Å²) in [7, 11) is -3.38. The molecule has 3 heterocycles. The van der Waals surface area contributed by atoms with Crippen molar-refractivity contribution in [1.82, 2.24) is 10.2 Å². The van der Waals surface area contributed by atoms with Crippen LogP contribution in [0.2, 0.25) is 0 Å². The fourth-order valence-electron chi connectivity index (χ4n) is 4.52. The molecule has 0 aliphatic carbocycles. The van der Waals surface area contributed by atoms with E-state index in [4.69, 9.17) is 5.73 Å². The number of carbonyl (C=O) groups is 1. The summed E-state index contributed by atoms with van der Waals surface area (Å²) < 4.78 is 23.8. The van der Waals surface area contributed by atoms with Crippen LogP contribution in [0.5, 0.6) is 0 Å². The molecule has 2 aromatic rings. The first-order valence-corrected chi connectivity index (χ1v) is 12.9. The van der Waals surface area contributed by atoms with Crippen molar-refractivity contribution in [3.05, 3.63) is 48.0 Å². The molecule has 2 aromatic carbocycles. The number of sulfone groups is 1. The van der Waals surface area contributed by atoms with Gasteiger partial charge in [0.25, 0.3) is 5.91 Å². The number of piperidine rings is 3. The van der Waals surface area contributed by atoms with Gasteiger partial charge in [-0.1, -0.05) is 17.8 Å². The van der Waals surface area contributed by atoms with Gasteiger partial charge in [-0.2, -0.15) is 0 Å². The molecule has 0 unspecified atom stereocenters. The van der Waals surface area contributed by atoms with E-state index in [-0.39, 0.29) is 22.5 Å². The summed E-state index contributed by atoms with van der Waals surface area (Å²) in [6.45, 7) is 4.46. The summed E-state index contributed by atoms with van der Waals surface area (Å²) in [5, 5.41) is 3.24. The minimum Gasteiger partial charge on any atom is -0.397 e. The van der Waals surface area contributed by atoms with E-state index in [0.29, 0.717) is 22.4 Å². The maximum atomic E-state index is 12.8. The van der Waals surface area contributed by atoms with Gasteiger partial charge in [-0.25, -0.2) is 8.42 Å². The zero-order chi connectivity index (χ0) is 21.5. The Morgan fingerprint density at radius 1 is 1.13 bits per heavy atom. The van der Waals surface area contributed by atoms with Crippen molar-refractivity contribution in [1.29, 1.82) is 0 Å². The highest BCUT2D eigenvalue weighted by Crippen LogP contribution is 2.36. The van der Waals surface area contributed by atoms with Gasteiger partial charge in [-0.05, 0) is 75.2 Å². The number of benzene rings is 2. The molecular weight excluding hydrogens is 418 g/mol. The Balaban J connectivity index is 1.45. The van der Waals surface area contributed by atoms with Crippen molar-refractivity contribution in [2.45, 2.75) is 46.5 Å². The fraction of sp³-hybridized carbons (Fsp3) is 0.409. The Bertz CT molecular complexity index is 1040. The minimum absolute atomic E-state index is 0.0456. The number of fused-ring (bicyclic) bond motifs is 3. The van der Waals surface area contributed by atoms with E-state index in [2.05, 4.69) is 17.1 Å². The van der Waals surface area contributed by atoms with E-state index in [9.17, 15) is 13.2 Å². The van der Waals surface area contributed by atoms with Crippen LogP contribution < -0.4 is 11.1 Å². The van der Waals surface area contributed by atoms with Gasteiger partial charge in [0.05, 0.1) is 10.6 Å². The molecular formula is C22H27N3O3S2. The molecule has 6 nitrogen and oxygen atoms in total. The second kappa shape index (κ2) is 8.24. The summed E-state index contributed by atoms with van der Waals surface area (Å²) >= 11 is 1.38. The molecule has 1 amide bonds. The quantitative estimate of drug-likeness (QED) is 0.688. The van der Waals surface area contributed by atoms with E-state index in [0.717, 1.165) is 37.1 Å². The van der Waals surface area contributed by atoms with E-state index in [1.807, 2.05) is 12.1 Å². The third-order valence-electron chi connectivity index (χ3n) is 6.25. The SMILES string of the molecule is C[C@H]1[C@H](NC(=O)c2ccc(Sc3cccc(S(C)(=O)=O)c3N)cc2)C2CCN1CC2. The molecule has 0 saturated carbocycles. The molecule has 2 bridgehead atoms. The molecule has 0 radical (unpaired) electrons. The summed E-state index contributed by atoms with van der Waals surface area (Å²) in [5.41, 5.74) is 6.95. The minimum atomic E-state index is -3.38. The highest BCUT2D eigenvalue weighted by atomic mass is 32.2. The number of nitrogens with two attached hydrogens (primary N) is 1. The Morgan fingerprint density at radius 3 is 2.40 bits per heavy atom. The number of nitrogens with one attached hydrogen (secondary N) is 1. The first-order valence-electron chi connectivity index (χ1n) is 10.2. The number of nitrogen functional groups attached to an aromatic ring is 1. The standard InChI is InChI=1S/C22H27N3O3S2/c1-14-21(15-10-12-25(14)13-11-15)24-22(26)16-6-8-17(9-7-16)29-18-4-3-5-19(20(18)23)30(2,27)28/h3-9,14-15,21H,10-13,23H2,1-2H3,(H,24,26)/t14-,21-/m0/s1. The van der Waals surface area contributed by atoms with E-state index in [1.165, 1.54) is 17.8 Å². The predicted octanol–water partition coefficient (Wildman–Crippen LogP) is 3.04. The van der Waals surface area contributed by atoms with Gasteiger partial charge in [0.2, 0.25) is 0 Å². The topological polar surface area (TPSA) is 92.5 Å². The van der Waals surface area contributed by atoms with Gasteiger partial charge in [-0.15, -0.1) is 0 Å². The van der Waals surface area contributed by atoms with E-state index in [1.54, 1.807) is 24.3 Å². The molecule has 5 rings (SSSR count). The molecule has 0 aromatic heterocycles. The van der Waals surface area contributed by atoms with Crippen LogP contribution in [0, 0.1) is 5.92 Å². The summed E-state index contributed by atoms with van der Waals surface area (Å²) in [4.78, 5) is 16.9. The van der Waals surface area contributed by atoms with Crippen molar-refractivity contribution in [2.24, 2.45) is 5.92 Å². The summed E-state index contributed by atoms with van der Waals surface area (Å²) in [6.07, 6.45) is 3.45. The monoisotopic (exact) mass is 445 g/mol. The first kappa shape index (κ1) is 21.2. The lowest BCUT2D eigenvalue weighted by atomic mass is 9.79. The maximum absolute atomic E-state index is 12.8. The van der Waals surface area contributed by atoms with Gasteiger partial charge in [0.1, 0.15) is 0 Å². The first-order chi connectivity index (χ1) is 14.2. The number of hydrogen-bond donors (Lipinski definition) is 2. The number of amides is 1. The number of hydrogen-bond acceptors (Lipinski definition) is 6. The lowest BCUT2D eigenvalue weighted by Gasteiger charge is -2.49. The Labute approximate surface area is 182 Å². The average molecular weight is 446 g/mol. The Morgan fingerprint density at radius 2 is 1.80 bits per heavy atom. The second-order valence-electron chi connectivity index (χ2n) is 8.18. The van der Waals surface area contributed by atoms with Gasteiger partial charge < -0.3 is 11.1 Å². The van der Waals surface area contributed by atoms with Crippen molar-refractivity contribution < 1.29 is 13.2 Å². The van der Waals surface area contributed by atoms with Crippen LogP contribution in [-0.2, 0) is 9.84 Å². The molecule has 3 saturated heterocycles. The van der Waals surface area contributed by atoms with E-state index >= 15 is 0 Å². The second-order valence-corrected chi connectivity index (χ2v) is 11.3. The normalized spacial score (nSPS) is 25.8. The lowest BCUT2D eigenvalue weighted by Crippen LogP contribution is -2.62. The molecule has 8 heteroatoms. The number of nitrogens with zero attached hydrogens (tertiary/aromatic N) is 1. The van der Waals surface area contributed by atoms with Crippen molar-refractivity contribution >= 4 is 33.2 Å². The van der Waals surface area contributed by atoms with Crippen LogP contribution in [0.4, 0.5) is 5.69 Å². The zero-order valence-electron chi connectivity index (χ0n) is 17.2. The number of anilines is 1. The molecule has 2 atom stereocenters. The molecule has 0 spiro atoms. The molecule has 3 aliphatic heterocycles. The van der Waals surface area contributed by atoms with E-state index < -0.39 is 9.84 Å². The summed E-state index contributed by atoms with van der Waals surface area (Å²) in [5.74, 6) is 0.518. The predicted molar refractivity (Wildman–Crippen MR) is 120 cm³/mol. The van der Waals surface area contributed by atoms with Crippen LogP contribution in [-0.4, -0.2) is 50.7 Å². The lowest BCUT2D eigenvalue weighted by molar-refractivity contribution is 0.0217. The van der Waals surface area contributed by atoms with Crippen LogP contribution in [0.25, 0.3) is 0 Å². The highest BCUT2D eigenvalue weighted by Gasteiger charge is 2.40. The summed E-state index contributed by atoms with van der Waals surface area (Å²) in [6, 6.07) is 12.9. The van der Waals surface area contributed by atoms with Crippen LogP contribution >= 0.6 is 11.8 Å². The zero-order valence-corrected chi connectivity index (χ0v) is 18.8. The average Bonchev–Trinajstić information content (AvgIpc) is 2.72. The highest BCUT2D eigenvalue weighted by molar-refractivity contribution is 7.99. The van der Waals surface area contributed by atoms with Gasteiger partial charge in [0, 0.05) is 33.7 Å². The Hall–Kier alpha value is -2.03. The van der Waals surface area contributed by atoms with Gasteiger partial charge in [-0.3, -0.25) is 9.69 Å². The van der Waals surface area contributed by atoms with Crippen LogP contribution in [0.1, 0.15) is 30.1 Å². The van der Waals surface area contributed by atoms with Gasteiger partial charge >= 0.3 is 0 Å². The smallest absolute Gasteiger partial charge is 0.251 e. The fourth-order valence-corrected chi connectivity index (χ4v) is 6.31. The van der Waals surface area contributed by atoms with Gasteiger partial charge in [0.15, 0.2) is 9.84 Å². The van der Waals surface area contributed by atoms with Crippen molar-refractivity contribution in [3.63, 3.8) is 0 Å². The van der Waals surface area contributed by atoms with Crippen LogP contribution in [0.15, 0.2) is 57.2 Å². The number of carbonyl (C=O) groups excluding carboxylic acids is 1. The molecule has 3 fully saturated rings. The maximum Gasteiger partial charge on any atom is 0.251 e. The Kier molecular flexibility index (Phi) is 5.83. The van der Waals surface area contributed by atoms with Crippen LogP contribution in [0.3, 0.4) is 0 Å². The number of para-hydroxylation sites is 1. The molecule has 160 valence electrons.